The van der Waals surface area contributed by atoms with Crippen LogP contribution >= 0.6 is 0 Å². The van der Waals surface area contributed by atoms with Gasteiger partial charge in [0.05, 0.1) is 0 Å². The lowest BCUT2D eigenvalue weighted by Crippen LogP contribution is -2.36. The number of aryl methyl sites for hydroxylation is 1. The van der Waals surface area contributed by atoms with Crippen molar-refractivity contribution in [3.05, 3.63) is 47.4 Å². The van der Waals surface area contributed by atoms with Gasteiger partial charge in [0.2, 0.25) is 0 Å². The van der Waals surface area contributed by atoms with Gasteiger partial charge in [-0.1, -0.05) is 6.07 Å². The Labute approximate surface area is 146 Å². The van der Waals surface area contributed by atoms with E-state index in [4.69, 9.17) is 5.73 Å². The molecule has 2 amide bonds. The number of anilines is 2. The molecule has 1 aromatic heterocycles. The standard InChI is InChI=1S/C18H21N5O2/c1-12-5-6-13(22-17(24)15-16(19)21-8-7-20-15)11-14(12)18(25)23-9-3-2-4-10-23/h5-8,11H,2-4,9-10H2,1H3,(H2,19,21)(H,22,24). The Morgan fingerprint density at radius 3 is 2.56 bits per heavy atom. The molecule has 1 aliphatic rings. The highest BCUT2D eigenvalue weighted by molar-refractivity contribution is 6.06. The summed E-state index contributed by atoms with van der Waals surface area (Å²) in [4.78, 5) is 34.7. The van der Waals surface area contributed by atoms with Crippen molar-refractivity contribution in [3.63, 3.8) is 0 Å². The molecule has 1 saturated heterocycles. The third-order valence-electron chi connectivity index (χ3n) is 4.31. The third-order valence-corrected chi connectivity index (χ3v) is 4.31. The molecule has 0 spiro atoms. The highest BCUT2D eigenvalue weighted by Crippen LogP contribution is 2.20. The number of nitrogens with two attached hydrogens (primary N) is 1. The van der Waals surface area contributed by atoms with Gasteiger partial charge in [0, 0.05) is 36.7 Å². The van der Waals surface area contributed by atoms with Crippen molar-refractivity contribution in [1.29, 1.82) is 0 Å². The molecule has 0 atom stereocenters. The number of nitrogen functional groups attached to an aromatic ring is 1. The fourth-order valence-electron chi connectivity index (χ4n) is 2.91. The monoisotopic (exact) mass is 339 g/mol. The predicted octanol–water partition coefficient (Wildman–Crippen LogP) is 2.25. The van der Waals surface area contributed by atoms with Crippen LogP contribution in [0.3, 0.4) is 0 Å². The zero-order valence-electron chi connectivity index (χ0n) is 14.2. The average molecular weight is 339 g/mol. The van der Waals surface area contributed by atoms with Crippen molar-refractivity contribution >= 4 is 23.3 Å². The van der Waals surface area contributed by atoms with E-state index in [0.29, 0.717) is 11.3 Å². The summed E-state index contributed by atoms with van der Waals surface area (Å²) >= 11 is 0. The Kier molecular flexibility index (Phi) is 4.92. The second kappa shape index (κ2) is 7.29. The van der Waals surface area contributed by atoms with E-state index in [9.17, 15) is 9.59 Å². The number of carbonyl (C=O) groups excluding carboxylic acids is 2. The summed E-state index contributed by atoms with van der Waals surface area (Å²) in [5.41, 5.74) is 7.76. The molecule has 1 aromatic carbocycles. The summed E-state index contributed by atoms with van der Waals surface area (Å²) in [7, 11) is 0. The number of nitrogens with zero attached hydrogens (tertiary/aromatic N) is 3. The molecule has 0 unspecified atom stereocenters. The third kappa shape index (κ3) is 3.76. The topological polar surface area (TPSA) is 101 Å². The smallest absolute Gasteiger partial charge is 0.278 e. The van der Waals surface area contributed by atoms with Gasteiger partial charge >= 0.3 is 0 Å². The quantitative estimate of drug-likeness (QED) is 0.893. The second-order valence-electron chi connectivity index (χ2n) is 6.13. The fourth-order valence-corrected chi connectivity index (χ4v) is 2.91. The number of hydrogen-bond donors (Lipinski definition) is 2. The van der Waals surface area contributed by atoms with Crippen LogP contribution < -0.4 is 11.1 Å². The second-order valence-corrected chi connectivity index (χ2v) is 6.13. The SMILES string of the molecule is Cc1ccc(NC(=O)c2nccnc2N)cc1C(=O)N1CCCCC1. The van der Waals surface area contributed by atoms with Crippen molar-refractivity contribution in [1.82, 2.24) is 14.9 Å². The number of aromatic nitrogens is 2. The van der Waals surface area contributed by atoms with E-state index >= 15 is 0 Å². The molecule has 1 fully saturated rings. The molecule has 3 rings (SSSR count). The Morgan fingerprint density at radius 2 is 1.84 bits per heavy atom. The summed E-state index contributed by atoms with van der Waals surface area (Å²) < 4.78 is 0. The van der Waals surface area contributed by atoms with Crippen molar-refractivity contribution in [2.75, 3.05) is 24.1 Å². The number of piperidine rings is 1. The summed E-state index contributed by atoms with van der Waals surface area (Å²) in [5.74, 6) is -0.380. The maximum absolute atomic E-state index is 12.8. The maximum Gasteiger partial charge on any atom is 0.278 e. The summed E-state index contributed by atoms with van der Waals surface area (Å²) in [6.07, 6.45) is 6.07. The number of likely N-dealkylation sites (tertiary alicyclic amines) is 1. The van der Waals surface area contributed by atoms with Gasteiger partial charge in [0.1, 0.15) is 0 Å². The van der Waals surface area contributed by atoms with Gasteiger partial charge in [-0.3, -0.25) is 9.59 Å². The van der Waals surface area contributed by atoms with E-state index in [1.165, 1.54) is 18.8 Å². The molecule has 2 heterocycles. The molecule has 2 aromatic rings. The largest absolute Gasteiger partial charge is 0.382 e. The van der Waals surface area contributed by atoms with Gasteiger partial charge in [-0.2, -0.15) is 0 Å². The molecule has 25 heavy (non-hydrogen) atoms. The van der Waals surface area contributed by atoms with Gasteiger partial charge in [-0.25, -0.2) is 9.97 Å². The number of hydrogen-bond acceptors (Lipinski definition) is 5. The van der Waals surface area contributed by atoms with Crippen molar-refractivity contribution < 1.29 is 9.59 Å². The minimum absolute atomic E-state index is 0.00677. The zero-order valence-corrected chi connectivity index (χ0v) is 14.2. The van der Waals surface area contributed by atoms with E-state index in [2.05, 4.69) is 15.3 Å². The molecule has 0 radical (unpaired) electrons. The minimum Gasteiger partial charge on any atom is -0.382 e. The number of nitrogens with one attached hydrogen (secondary N) is 1. The van der Waals surface area contributed by atoms with E-state index in [1.807, 2.05) is 17.9 Å². The molecule has 0 aliphatic carbocycles. The average Bonchev–Trinajstić information content (AvgIpc) is 2.63. The van der Waals surface area contributed by atoms with Gasteiger partial charge in [-0.15, -0.1) is 0 Å². The van der Waals surface area contributed by atoms with Gasteiger partial charge in [0.15, 0.2) is 11.5 Å². The number of rotatable bonds is 3. The van der Waals surface area contributed by atoms with E-state index < -0.39 is 5.91 Å². The van der Waals surface area contributed by atoms with Crippen molar-refractivity contribution in [3.8, 4) is 0 Å². The van der Waals surface area contributed by atoms with E-state index in [1.54, 1.807) is 12.1 Å². The first-order valence-corrected chi connectivity index (χ1v) is 8.34. The van der Waals surface area contributed by atoms with Gasteiger partial charge < -0.3 is 16.0 Å². The lowest BCUT2D eigenvalue weighted by atomic mass is 10.0. The highest BCUT2D eigenvalue weighted by Gasteiger charge is 2.20. The molecule has 130 valence electrons. The predicted molar refractivity (Wildman–Crippen MR) is 95.3 cm³/mol. The first kappa shape index (κ1) is 16.9. The molecule has 1 aliphatic heterocycles. The highest BCUT2D eigenvalue weighted by atomic mass is 16.2. The Bertz CT molecular complexity index is 800. The van der Waals surface area contributed by atoms with Crippen LogP contribution in [0.1, 0.15) is 45.7 Å². The van der Waals surface area contributed by atoms with Crippen LogP contribution in [0, 0.1) is 6.92 Å². The molecule has 7 heteroatoms. The van der Waals surface area contributed by atoms with E-state index in [-0.39, 0.29) is 17.4 Å². The van der Waals surface area contributed by atoms with Crippen molar-refractivity contribution in [2.24, 2.45) is 0 Å². The van der Waals surface area contributed by atoms with Gasteiger partial charge in [0.25, 0.3) is 11.8 Å². The maximum atomic E-state index is 12.8. The van der Waals surface area contributed by atoms with Crippen LogP contribution in [-0.2, 0) is 0 Å². The van der Waals surface area contributed by atoms with Crippen LogP contribution in [0.25, 0.3) is 0 Å². The molecular weight excluding hydrogens is 318 g/mol. The summed E-state index contributed by atoms with van der Waals surface area (Å²) in [6.45, 7) is 3.46. The van der Waals surface area contributed by atoms with E-state index in [0.717, 1.165) is 31.5 Å². The Morgan fingerprint density at radius 1 is 1.12 bits per heavy atom. The number of amides is 2. The van der Waals surface area contributed by atoms with Crippen LogP contribution in [0.5, 0.6) is 0 Å². The fraction of sp³-hybridized carbons (Fsp3) is 0.333. The molecule has 7 nitrogen and oxygen atoms in total. The number of carbonyl (C=O) groups is 2. The van der Waals surface area contributed by atoms with Crippen LogP contribution in [-0.4, -0.2) is 39.8 Å². The molecule has 0 saturated carbocycles. The van der Waals surface area contributed by atoms with Crippen LogP contribution in [0.2, 0.25) is 0 Å². The molecule has 3 N–H and O–H groups in total. The lowest BCUT2D eigenvalue weighted by molar-refractivity contribution is 0.0723. The molecular formula is C18H21N5O2. The minimum atomic E-state index is -0.453. The summed E-state index contributed by atoms with van der Waals surface area (Å²) in [5, 5.41) is 2.73. The summed E-state index contributed by atoms with van der Waals surface area (Å²) in [6, 6.07) is 5.29. The van der Waals surface area contributed by atoms with Crippen LogP contribution in [0.15, 0.2) is 30.6 Å². The van der Waals surface area contributed by atoms with Crippen molar-refractivity contribution in [2.45, 2.75) is 26.2 Å². The first-order valence-electron chi connectivity index (χ1n) is 8.34. The Hall–Kier alpha value is -2.96. The normalized spacial score (nSPS) is 14.2. The Balaban J connectivity index is 1.80. The zero-order chi connectivity index (χ0) is 17.8. The van der Waals surface area contributed by atoms with Gasteiger partial charge in [-0.05, 0) is 43.9 Å². The molecule has 0 bridgehead atoms. The first-order chi connectivity index (χ1) is 12.1. The number of benzene rings is 1. The lowest BCUT2D eigenvalue weighted by Gasteiger charge is -2.27. The van der Waals surface area contributed by atoms with Crippen LogP contribution in [0.4, 0.5) is 11.5 Å².